The number of hydrogen-bond acceptors (Lipinski definition) is 4. The Morgan fingerprint density at radius 1 is 1.67 bits per heavy atom. The number of carboxylic acids is 1. The fourth-order valence-electron chi connectivity index (χ4n) is 1.34. The van der Waals surface area contributed by atoms with Crippen molar-refractivity contribution in [3.63, 3.8) is 0 Å². The second-order valence-electron chi connectivity index (χ2n) is 3.56. The van der Waals surface area contributed by atoms with Crippen LogP contribution < -0.4 is 10.6 Å². The van der Waals surface area contributed by atoms with Gasteiger partial charge in [-0.2, -0.15) is 11.8 Å². The fraction of sp³-hybridized carbons (Fsp3) is 0.778. The number of carboxylic acid groups (broad SMARTS) is 1. The molecule has 2 atom stereocenters. The second kappa shape index (κ2) is 5.97. The molecule has 1 saturated heterocycles. The Labute approximate surface area is 93.0 Å². The number of amides is 1. The van der Waals surface area contributed by atoms with Gasteiger partial charge in [0.25, 0.3) is 0 Å². The van der Waals surface area contributed by atoms with E-state index < -0.39 is 12.0 Å². The first-order chi connectivity index (χ1) is 7.09. The lowest BCUT2D eigenvalue weighted by Gasteiger charge is -2.22. The van der Waals surface area contributed by atoms with Crippen molar-refractivity contribution in [2.75, 3.05) is 18.1 Å². The van der Waals surface area contributed by atoms with Crippen LogP contribution in [-0.2, 0) is 9.59 Å². The van der Waals surface area contributed by atoms with E-state index in [1.807, 2.05) is 11.8 Å². The normalized spacial score (nSPS) is 23.1. The molecule has 1 heterocycles. The first-order valence-corrected chi connectivity index (χ1v) is 6.08. The van der Waals surface area contributed by atoms with Crippen LogP contribution in [0.1, 0.15) is 13.3 Å². The van der Waals surface area contributed by atoms with Crippen molar-refractivity contribution in [2.45, 2.75) is 25.4 Å². The molecular formula is C9H16N2O3S. The number of aliphatic carboxylic acids is 1. The molecule has 86 valence electrons. The van der Waals surface area contributed by atoms with Gasteiger partial charge in [0.15, 0.2) is 0 Å². The van der Waals surface area contributed by atoms with E-state index >= 15 is 0 Å². The summed E-state index contributed by atoms with van der Waals surface area (Å²) in [5, 5.41) is 14.3. The van der Waals surface area contributed by atoms with E-state index in [1.54, 1.807) is 0 Å². The maximum atomic E-state index is 11.4. The summed E-state index contributed by atoms with van der Waals surface area (Å²) in [6, 6.07) is -0.640. The summed E-state index contributed by atoms with van der Waals surface area (Å²) in [5.74, 6) is 0.776. The van der Waals surface area contributed by atoms with Gasteiger partial charge in [-0.3, -0.25) is 9.59 Å². The quantitative estimate of drug-likeness (QED) is 0.618. The maximum Gasteiger partial charge on any atom is 0.325 e. The molecule has 1 rings (SSSR count). The highest BCUT2D eigenvalue weighted by molar-refractivity contribution is 7.99. The van der Waals surface area contributed by atoms with E-state index in [1.165, 1.54) is 6.92 Å². The third-order valence-electron chi connectivity index (χ3n) is 2.18. The van der Waals surface area contributed by atoms with E-state index in [2.05, 4.69) is 10.6 Å². The third kappa shape index (κ3) is 4.53. The van der Waals surface area contributed by atoms with Crippen molar-refractivity contribution < 1.29 is 14.7 Å². The van der Waals surface area contributed by atoms with Crippen LogP contribution in [0, 0.1) is 0 Å². The summed E-state index contributed by atoms with van der Waals surface area (Å²) in [4.78, 5) is 21.9. The molecule has 15 heavy (non-hydrogen) atoms. The lowest BCUT2D eigenvalue weighted by Crippen LogP contribution is -2.44. The zero-order valence-corrected chi connectivity index (χ0v) is 9.47. The van der Waals surface area contributed by atoms with Crippen molar-refractivity contribution in [3.05, 3.63) is 0 Å². The van der Waals surface area contributed by atoms with Crippen LogP contribution in [0.5, 0.6) is 0 Å². The van der Waals surface area contributed by atoms with Crippen LogP contribution in [0.3, 0.4) is 0 Å². The summed E-state index contributed by atoms with van der Waals surface area (Å²) >= 11 is 1.81. The van der Waals surface area contributed by atoms with Gasteiger partial charge in [0, 0.05) is 30.5 Å². The van der Waals surface area contributed by atoms with E-state index in [-0.39, 0.29) is 11.9 Å². The highest BCUT2D eigenvalue weighted by Crippen LogP contribution is 2.09. The van der Waals surface area contributed by atoms with E-state index in [4.69, 9.17) is 5.11 Å². The molecule has 0 aromatic rings. The van der Waals surface area contributed by atoms with Crippen LogP contribution in [0.15, 0.2) is 0 Å². The van der Waals surface area contributed by atoms with Crippen LogP contribution in [0.2, 0.25) is 0 Å². The van der Waals surface area contributed by atoms with Crippen LogP contribution in [0.4, 0.5) is 0 Å². The molecule has 3 N–H and O–H groups in total. The van der Waals surface area contributed by atoms with Gasteiger partial charge in [0.05, 0.1) is 0 Å². The Bertz CT molecular complexity index is 242. The van der Waals surface area contributed by atoms with Gasteiger partial charge in [0.1, 0.15) is 6.04 Å². The predicted octanol–water partition coefficient (Wildman–Crippen LogP) is -0.329. The lowest BCUT2D eigenvalue weighted by molar-refractivity contribution is -0.141. The van der Waals surface area contributed by atoms with Crippen molar-refractivity contribution in [3.8, 4) is 0 Å². The summed E-state index contributed by atoms with van der Waals surface area (Å²) < 4.78 is 0. The Hall–Kier alpha value is -0.750. The topological polar surface area (TPSA) is 78.4 Å². The highest BCUT2D eigenvalue weighted by atomic mass is 32.2. The molecule has 0 aromatic heterocycles. The molecule has 1 fully saturated rings. The van der Waals surface area contributed by atoms with Crippen molar-refractivity contribution in [1.29, 1.82) is 0 Å². The molecule has 1 aliphatic heterocycles. The van der Waals surface area contributed by atoms with Crippen LogP contribution in [0.25, 0.3) is 0 Å². The number of carbonyl (C=O) groups is 2. The predicted molar refractivity (Wildman–Crippen MR) is 59.0 cm³/mol. The molecule has 0 aromatic carbocycles. The lowest BCUT2D eigenvalue weighted by atomic mass is 10.2. The second-order valence-corrected chi connectivity index (χ2v) is 4.71. The molecule has 0 saturated carbocycles. The Morgan fingerprint density at radius 2 is 2.40 bits per heavy atom. The zero-order chi connectivity index (χ0) is 11.3. The van der Waals surface area contributed by atoms with Gasteiger partial charge in [-0.15, -0.1) is 0 Å². The van der Waals surface area contributed by atoms with Gasteiger partial charge < -0.3 is 15.7 Å². The van der Waals surface area contributed by atoms with E-state index in [0.29, 0.717) is 6.42 Å². The Morgan fingerprint density at radius 3 is 2.93 bits per heavy atom. The molecular weight excluding hydrogens is 216 g/mol. The van der Waals surface area contributed by atoms with Gasteiger partial charge in [0.2, 0.25) is 5.91 Å². The fourth-order valence-corrected chi connectivity index (χ4v) is 2.29. The maximum absolute atomic E-state index is 11.4. The van der Waals surface area contributed by atoms with Gasteiger partial charge in [-0.1, -0.05) is 0 Å². The Balaban J connectivity index is 2.25. The van der Waals surface area contributed by atoms with Crippen LogP contribution in [-0.4, -0.2) is 47.1 Å². The minimum atomic E-state index is -1.01. The molecule has 0 spiro atoms. The molecule has 5 nitrogen and oxygen atoms in total. The first kappa shape index (κ1) is 12.3. The molecule has 0 aliphatic carbocycles. The summed E-state index contributed by atoms with van der Waals surface area (Å²) in [7, 11) is 0. The number of nitrogens with one attached hydrogen (secondary N) is 2. The average Bonchev–Trinajstić information content (AvgIpc) is 2.18. The monoisotopic (exact) mass is 232 g/mol. The number of hydrogen-bond donors (Lipinski definition) is 3. The first-order valence-electron chi connectivity index (χ1n) is 4.93. The number of carbonyl (C=O) groups excluding carboxylic acids is 1. The molecule has 0 bridgehead atoms. The number of thioether (sulfide) groups is 1. The van der Waals surface area contributed by atoms with Crippen molar-refractivity contribution >= 4 is 23.6 Å². The van der Waals surface area contributed by atoms with Crippen LogP contribution >= 0.6 is 11.8 Å². The standard InChI is InChI=1S/C9H16N2O3S/c1-6(9(13)14)11-8(12)4-7-5-15-3-2-10-7/h6-7,10H,2-5H2,1H3,(H,11,12)(H,13,14)/t6-,7?/m0/s1. The van der Waals surface area contributed by atoms with Crippen molar-refractivity contribution in [2.24, 2.45) is 0 Å². The SMILES string of the molecule is C[C@H](NC(=O)CC1CSCCN1)C(=O)O. The number of rotatable bonds is 4. The van der Waals surface area contributed by atoms with Gasteiger partial charge >= 0.3 is 5.97 Å². The smallest absolute Gasteiger partial charge is 0.325 e. The summed E-state index contributed by atoms with van der Waals surface area (Å²) in [5.41, 5.74) is 0. The van der Waals surface area contributed by atoms with Gasteiger partial charge in [-0.25, -0.2) is 0 Å². The minimum Gasteiger partial charge on any atom is -0.480 e. The molecule has 1 amide bonds. The van der Waals surface area contributed by atoms with E-state index in [0.717, 1.165) is 18.1 Å². The summed E-state index contributed by atoms with van der Waals surface area (Å²) in [6.07, 6.45) is 0.352. The molecule has 1 aliphatic rings. The Kier molecular flexibility index (Phi) is 4.90. The largest absolute Gasteiger partial charge is 0.480 e. The minimum absolute atomic E-state index is 0.171. The highest BCUT2D eigenvalue weighted by Gasteiger charge is 2.19. The third-order valence-corrected chi connectivity index (χ3v) is 3.31. The van der Waals surface area contributed by atoms with E-state index in [9.17, 15) is 9.59 Å². The van der Waals surface area contributed by atoms with Gasteiger partial charge in [-0.05, 0) is 6.92 Å². The average molecular weight is 232 g/mol. The molecule has 1 unspecified atom stereocenters. The van der Waals surface area contributed by atoms with Crippen molar-refractivity contribution in [1.82, 2.24) is 10.6 Å². The summed E-state index contributed by atoms with van der Waals surface area (Å²) in [6.45, 7) is 2.38. The zero-order valence-electron chi connectivity index (χ0n) is 8.66. The molecule has 6 heteroatoms. The molecule has 0 radical (unpaired) electrons.